The Morgan fingerprint density at radius 2 is 1.96 bits per heavy atom. The van der Waals surface area contributed by atoms with E-state index in [4.69, 9.17) is 4.74 Å². The number of nitrogens with zero attached hydrogens (tertiary/aromatic N) is 2. The summed E-state index contributed by atoms with van der Waals surface area (Å²) in [7, 11) is 0. The molecule has 0 bridgehead atoms. The number of imide groups is 1. The first-order valence-electron chi connectivity index (χ1n) is 8.31. The molecule has 1 fully saturated rings. The molecule has 142 valence electrons. The number of amides is 2. The van der Waals surface area contributed by atoms with E-state index in [0.717, 1.165) is 16.7 Å². The van der Waals surface area contributed by atoms with Crippen LogP contribution in [-0.4, -0.2) is 27.6 Å². The van der Waals surface area contributed by atoms with Gasteiger partial charge in [-0.3, -0.25) is 24.6 Å². The molecule has 2 amide bonds. The molecule has 2 aromatic carbocycles. The number of carbonyl (C=O) groups excluding carboxylic acids is 2. The maximum Gasteiger partial charge on any atom is 0.293 e. The fourth-order valence-electron chi connectivity index (χ4n) is 2.63. The van der Waals surface area contributed by atoms with Crippen LogP contribution < -0.4 is 4.74 Å². The third-order valence-electron chi connectivity index (χ3n) is 3.91. The number of hydrogen-bond acceptors (Lipinski definition) is 6. The van der Waals surface area contributed by atoms with Crippen molar-refractivity contribution >= 4 is 34.7 Å². The number of carbonyl (C=O) groups is 2. The minimum atomic E-state index is -0.529. The van der Waals surface area contributed by atoms with E-state index in [-0.39, 0.29) is 17.1 Å². The predicted molar refractivity (Wildman–Crippen MR) is 107 cm³/mol. The first-order valence-corrected chi connectivity index (χ1v) is 9.12. The van der Waals surface area contributed by atoms with Crippen LogP contribution in [0.2, 0.25) is 0 Å². The number of hydrogen-bond donors (Lipinski definition) is 0. The zero-order valence-electron chi connectivity index (χ0n) is 14.7. The molecule has 1 heterocycles. The second kappa shape index (κ2) is 8.53. The number of nitro groups is 1. The van der Waals surface area contributed by atoms with Crippen molar-refractivity contribution in [3.63, 3.8) is 0 Å². The van der Waals surface area contributed by atoms with Crippen LogP contribution in [0.15, 0.2) is 66.1 Å². The van der Waals surface area contributed by atoms with Gasteiger partial charge in [-0.15, -0.1) is 0 Å². The Kier molecular flexibility index (Phi) is 5.90. The molecule has 8 heteroatoms. The molecule has 0 radical (unpaired) electrons. The molecule has 2 aromatic rings. The summed E-state index contributed by atoms with van der Waals surface area (Å²) in [5.41, 5.74) is 0.881. The maximum absolute atomic E-state index is 12.7. The summed E-state index contributed by atoms with van der Waals surface area (Å²) in [5, 5.41) is 10.7. The van der Waals surface area contributed by atoms with Gasteiger partial charge < -0.3 is 4.74 Å². The summed E-state index contributed by atoms with van der Waals surface area (Å²) in [4.78, 5) is 36.9. The Balaban J connectivity index is 1.81. The molecular formula is C20H16N2O5S. The number of rotatable bonds is 7. The lowest BCUT2D eigenvalue weighted by Crippen LogP contribution is -2.27. The van der Waals surface area contributed by atoms with Gasteiger partial charge in [-0.1, -0.05) is 43.0 Å². The predicted octanol–water partition coefficient (Wildman–Crippen LogP) is 4.40. The molecule has 0 aromatic heterocycles. The van der Waals surface area contributed by atoms with Crippen LogP contribution in [0.5, 0.6) is 5.75 Å². The van der Waals surface area contributed by atoms with Crippen molar-refractivity contribution < 1.29 is 19.2 Å². The first kappa shape index (κ1) is 19.4. The second-order valence-electron chi connectivity index (χ2n) is 5.83. The molecule has 1 saturated heterocycles. The van der Waals surface area contributed by atoms with E-state index in [1.54, 1.807) is 42.5 Å². The third-order valence-corrected chi connectivity index (χ3v) is 4.82. The summed E-state index contributed by atoms with van der Waals surface area (Å²) < 4.78 is 5.46. The Labute approximate surface area is 165 Å². The molecule has 0 spiro atoms. The summed E-state index contributed by atoms with van der Waals surface area (Å²) in [6, 6.07) is 13.1. The number of thioether (sulfide) groups is 1. The van der Waals surface area contributed by atoms with Gasteiger partial charge in [0.15, 0.2) is 0 Å². The van der Waals surface area contributed by atoms with Gasteiger partial charge in [0.05, 0.1) is 16.4 Å². The van der Waals surface area contributed by atoms with Crippen molar-refractivity contribution in [3.05, 3.63) is 87.3 Å². The fourth-order valence-corrected chi connectivity index (χ4v) is 3.47. The number of para-hydroxylation sites is 1. The smallest absolute Gasteiger partial charge is 0.293 e. The zero-order valence-corrected chi connectivity index (χ0v) is 15.6. The van der Waals surface area contributed by atoms with Crippen molar-refractivity contribution in [1.29, 1.82) is 0 Å². The summed E-state index contributed by atoms with van der Waals surface area (Å²) in [6.07, 6.45) is 3.23. The fraction of sp³-hybridized carbons (Fsp3) is 0.100. The Bertz CT molecular complexity index is 986. The van der Waals surface area contributed by atoms with Gasteiger partial charge in [0.2, 0.25) is 0 Å². The van der Waals surface area contributed by atoms with Crippen molar-refractivity contribution in [2.45, 2.75) is 6.54 Å². The molecule has 7 nitrogen and oxygen atoms in total. The number of nitro benzene ring substituents is 1. The highest BCUT2D eigenvalue weighted by Crippen LogP contribution is 2.34. The molecule has 0 aliphatic carbocycles. The molecule has 3 rings (SSSR count). The van der Waals surface area contributed by atoms with Crippen LogP contribution in [-0.2, 0) is 11.3 Å². The number of benzene rings is 2. The van der Waals surface area contributed by atoms with Gasteiger partial charge in [0.1, 0.15) is 12.4 Å². The standard InChI is InChI=1S/C20H16N2O5S/c1-2-10-27-16-8-5-6-14(11-16)12-18-19(23)21(20(24)28-18)13-15-7-3-4-9-17(15)22(25)26/h2-9,11-12H,1,10,13H2/b18-12+. The molecule has 28 heavy (non-hydrogen) atoms. The van der Waals surface area contributed by atoms with Gasteiger partial charge in [-0.05, 0) is 35.5 Å². The average Bonchev–Trinajstić information content (AvgIpc) is 2.94. The second-order valence-corrected chi connectivity index (χ2v) is 6.82. The van der Waals surface area contributed by atoms with Gasteiger partial charge in [-0.25, -0.2) is 0 Å². The van der Waals surface area contributed by atoms with Crippen LogP contribution in [0.25, 0.3) is 6.08 Å². The third kappa shape index (κ3) is 4.29. The quantitative estimate of drug-likeness (QED) is 0.298. The molecule has 0 saturated carbocycles. The minimum absolute atomic E-state index is 0.127. The number of ether oxygens (including phenoxy) is 1. The molecule has 0 atom stereocenters. The van der Waals surface area contributed by atoms with Crippen molar-refractivity contribution in [2.75, 3.05) is 6.61 Å². The van der Waals surface area contributed by atoms with Gasteiger partial charge in [0, 0.05) is 11.6 Å². The van der Waals surface area contributed by atoms with Crippen LogP contribution in [0.1, 0.15) is 11.1 Å². The SMILES string of the molecule is C=CCOc1cccc(/C=C2/SC(=O)N(Cc3ccccc3[N+](=O)[O-])C2=O)c1. The van der Waals surface area contributed by atoms with E-state index in [1.165, 1.54) is 18.2 Å². The topological polar surface area (TPSA) is 89.8 Å². The van der Waals surface area contributed by atoms with E-state index in [9.17, 15) is 19.7 Å². The highest BCUT2D eigenvalue weighted by Gasteiger charge is 2.36. The van der Waals surface area contributed by atoms with E-state index < -0.39 is 16.1 Å². The lowest BCUT2D eigenvalue weighted by molar-refractivity contribution is -0.385. The lowest BCUT2D eigenvalue weighted by atomic mass is 10.1. The van der Waals surface area contributed by atoms with Crippen molar-refractivity contribution in [1.82, 2.24) is 4.90 Å². The van der Waals surface area contributed by atoms with Gasteiger partial charge >= 0.3 is 0 Å². The van der Waals surface area contributed by atoms with E-state index >= 15 is 0 Å². The Morgan fingerprint density at radius 1 is 1.18 bits per heavy atom. The van der Waals surface area contributed by atoms with E-state index in [1.807, 2.05) is 0 Å². The molecule has 0 unspecified atom stereocenters. The van der Waals surface area contributed by atoms with Crippen LogP contribution in [0.3, 0.4) is 0 Å². The van der Waals surface area contributed by atoms with Crippen molar-refractivity contribution in [2.24, 2.45) is 0 Å². The monoisotopic (exact) mass is 396 g/mol. The highest BCUT2D eigenvalue weighted by molar-refractivity contribution is 8.18. The zero-order chi connectivity index (χ0) is 20.1. The Morgan fingerprint density at radius 3 is 2.71 bits per heavy atom. The summed E-state index contributed by atoms with van der Waals surface area (Å²) in [6.45, 7) is 3.80. The first-order chi connectivity index (χ1) is 13.5. The van der Waals surface area contributed by atoms with Crippen LogP contribution in [0, 0.1) is 10.1 Å². The molecule has 1 aliphatic heterocycles. The molecule has 0 N–H and O–H groups in total. The minimum Gasteiger partial charge on any atom is -0.490 e. The van der Waals surface area contributed by atoms with Gasteiger partial charge in [0.25, 0.3) is 16.8 Å². The molecule has 1 aliphatic rings. The normalized spacial score (nSPS) is 15.1. The highest BCUT2D eigenvalue weighted by atomic mass is 32.2. The summed E-state index contributed by atoms with van der Waals surface area (Å²) >= 11 is 0.806. The maximum atomic E-state index is 12.7. The van der Waals surface area contributed by atoms with Crippen LogP contribution >= 0.6 is 11.8 Å². The lowest BCUT2D eigenvalue weighted by Gasteiger charge is -2.12. The van der Waals surface area contributed by atoms with E-state index in [0.29, 0.717) is 23.5 Å². The van der Waals surface area contributed by atoms with E-state index in [2.05, 4.69) is 6.58 Å². The molecular weight excluding hydrogens is 380 g/mol. The largest absolute Gasteiger partial charge is 0.490 e. The van der Waals surface area contributed by atoms with Crippen LogP contribution in [0.4, 0.5) is 10.5 Å². The summed E-state index contributed by atoms with van der Waals surface area (Å²) in [5.74, 6) is 0.137. The Hall–Kier alpha value is -3.39. The van der Waals surface area contributed by atoms with Gasteiger partial charge in [-0.2, -0.15) is 0 Å². The van der Waals surface area contributed by atoms with Crippen molar-refractivity contribution in [3.8, 4) is 5.75 Å². The average molecular weight is 396 g/mol.